The Morgan fingerprint density at radius 1 is 1.50 bits per heavy atom. The molecule has 2 rings (SSSR count). The van der Waals surface area contributed by atoms with Crippen molar-refractivity contribution in [3.8, 4) is 0 Å². The highest BCUT2D eigenvalue weighted by Crippen LogP contribution is 2.33. The van der Waals surface area contributed by atoms with Crippen LogP contribution in [0, 0.1) is 5.92 Å². The van der Waals surface area contributed by atoms with Crippen LogP contribution in [0.4, 0.5) is 0 Å². The lowest BCUT2D eigenvalue weighted by molar-refractivity contribution is 0.247. The number of alkyl halides is 1. The molecule has 0 aromatic carbocycles. The first-order chi connectivity index (χ1) is 9.41. The van der Waals surface area contributed by atoms with Gasteiger partial charge in [0.1, 0.15) is 5.82 Å². The second kappa shape index (κ2) is 6.03. The number of H-pyrrole nitrogens is 1. The molecule has 114 valence electrons. The van der Waals surface area contributed by atoms with Gasteiger partial charge in [0.2, 0.25) is 0 Å². The van der Waals surface area contributed by atoms with Gasteiger partial charge in [-0.15, -0.1) is 11.6 Å². The summed E-state index contributed by atoms with van der Waals surface area (Å²) in [5, 5.41) is 0.123. The lowest BCUT2D eigenvalue weighted by Crippen LogP contribution is -2.52. The molecule has 1 heterocycles. The van der Waals surface area contributed by atoms with Crippen molar-refractivity contribution in [2.24, 2.45) is 5.92 Å². The van der Waals surface area contributed by atoms with E-state index >= 15 is 0 Å². The van der Waals surface area contributed by atoms with E-state index in [-0.39, 0.29) is 5.03 Å². The SMILES string of the molecule is CCc1ncc(S(=O)(=O)NC2(CCl)CCC(C)CC2)[nH]1. The van der Waals surface area contributed by atoms with E-state index in [1.54, 1.807) is 0 Å². The Morgan fingerprint density at radius 2 is 2.15 bits per heavy atom. The molecule has 1 aliphatic rings. The lowest BCUT2D eigenvalue weighted by Gasteiger charge is -2.38. The minimum atomic E-state index is -3.59. The van der Waals surface area contributed by atoms with Crippen molar-refractivity contribution in [1.82, 2.24) is 14.7 Å². The number of rotatable bonds is 5. The standard InChI is InChI=1S/C13H22ClN3O2S/c1-3-11-15-8-12(16-11)20(18,19)17-13(9-14)6-4-10(2)5-7-13/h8,10,17H,3-7,9H2,1-2H3,(H,15,16). The van der Waals surface area contributed by atoms with E-state index in [2.05, 4.69) is 21.6 Å². The molecule has 1 aromatic heterocycles. The molecule has 0 saturated heterocycles. The zero-order chi connectivity index (χ0) is 14.8. The van der Waals surface area contributed by atoms with Gasteiger partial charge in [-0.25, -0.2) is 18.1 Å². The molecule has 0 bridgehead atoms. The molecule has 7 heteroatoms. The molecular weight excluding hydrogens is 298 g/mol. The second-order valence-electron chi connectivity index (χ2n) is 5.75. The van der Waals surface area contributed by atoms with Crippen molar-refractivity contribution in [2.45, 2.75) is 56.5 Å². The van der Waals surface area contributed by atoms with Crippen molar-refractivity contribution in [3.05, 3.63) is 12.0 Å². The van der Waals surface area contributed by atoms with Gasteiger partial charge < -0.3 is 4.98 Å². The smallest absolute Gasteiger partial charge is 0.258 e. The fourth-order valence-electron chi connectivity index (χ4n) is 2.58. The third-order valence-electron chi connectivity index (χ3n) is 4.07. The van der Waals surface area contributed by atoms with E-state index in [1.807, 2.05) is 6.92 Å². The molecule has 0 unspecified atom stereocenters. The number of aromatic amines is 1. The zero-order valence-electron chi connectivity index (χ0n) is 11.9. The highest BCUT2D eigenvalue weighted by atomic mass is 35.5. The summed E-state index contributed by atoms with van der Waals surface area (Å²) in [6.45, 7) is 4.11. The number of aryl methyl sites for hydroxylation is 1. The van der Waals surface area contributed by atoms with Crippen LogP contribution in [0.1, 0.15) is 45.4 Å². The molecule has 5 nitrogen and oxygen atoms in total. The number of imidazole rings is 1. The Hall–Kier alpha value is -0.590. The van der Waals surface area contributed by atoms with Gasteiger partial charge in [0.05, 0.1) is 6.20 Å². The summed E-state index contributed by atoms with van der Waals surface area (Å²) in [5.41, 5.74) is -0.523. The average Bonchev–Trinajstić information content (AvgIpc) is 2.91. The molecule has 0 atom stereocenters. The molecule has 1 saturated carbocycles. The number of nitrogens with zero attached hydrogens (tertiary/aromatic N) is 1. The Balaban J connectivity index is 2.17. The Bertz CT molecular complexity index is 548. The molecule has 20 heavy (non-hydrogen) atoms. The van der Waals surface area contributed by atoms with Gasteiger partial charge >= 0.3 is 0 Å². The van der Waals surface area contributed by atoms with Crippen LogP contribution in [0.3, 0.4) is 0 Å². The van der Waals surface area contributed by atoms with Gasteiger partial charge in [0.25, 0.3) is 10.0 Å². The number of aromatic nitrogens is 2. The summed E-state index contributed by atoms with van der Waals surface area (Å²) < 4.78 is 27.7. The summed E-state index contributed by atoms with van der Waals surface area (Å²) in [6, 6.07) is 0. The van der Waals surface area contributed by atoms with Crippen molar-refractivity contribution in [2.75, 3.05) is 5.88 Å². The molecule has 0 radical (unpaired) electrons. The monoisotopic (exact) mass is 319 g/mol. The maximum absolute atomic E-state index is 12.4. The van der Waals surface area contributed by atoms with Crippen molar-refractivity contribution in [3.63, 3.8) is 0 Å². The zero-order valence-corrected chi connectivity index (χ0v) is 13.5. The Labute approximate surface area is 125 Å². The predicted molar refractivity (Wildman–Crippen MR) is 79.4 cm³/mol. The van der Waals surface area contributed by atoms with Crippen LogP contribution in [-0.2, 0) is 16.4 Å². The van der Waals surface area contributed by atoms with Crippen LogP contribution in [-0.4, -0.2) is 29.8 Å². The second-order valence-corrected chi connectivity index (χ2v) is 7.67. The van der Waals surface area contributed by atoms with E-state index in [9.17, 15) is 8.42 Å². The highest BCUT2D eigenvalue weighted by molar-refractivity contribution is 7.89. The van der Waals surface area contributed by atoms with Crippen molar-refractivity contribution < 1.29 is 8.42 Å². The number of nitrogens with one attached hydrogen (secondary N) is 2. The molecule has 0 amide bonds. The number of halogens is 1. The summed E-state index contributed by atoms with van der Waals surface area (Å²) in [7, 11) is -3.59. The Kier molecular flexibility index (Phi) is 4.76. The first-order valence-electron chi connectivity index (χ1n) is 7.04. The van der Waals surface area contributed by atoms with E-state index in [0.29, 0.717) is 24.0 Å². The molecule has 1 aromatic rings. The minimum Gasteiger partial charge on any atom is -0.332 e. The largest absolute Gasteiger partial charge is 0.332 e. The van der Waals surface area contributed by atoms with Crippen LogP contribution in [0.15, 0.2) is 11.2 Å². The summed E-state index contributed by atoms with van der Waals surface area (Å²) in [4.78, 5) is 6.89. The topological polar surface area (TPSA) is 74.8 Å². The van der Waals surface area contributed by atoms with Gasteiger partial charge in [0, 0.05) is 17.8 Å². The van der Waals surface area contributed by atoms with E-state index in [1.165, 1.54) is 6.20 Å². The van der Waals surface area contributed by atoms with Crippen LogP contribution in [0.25, 0.3) is 0 Å². The maximum Gasteiger partial charge on any atom is 0.258 e. The molecule has 1 aliphatic carbocycles. The third-order valence-corrected chi connectivity index (χ3v) is 6.07. The average molecular weight is 320 g/mol. The van der Waals surface area contributed by atoms with Crippen LogP contribution in [0.5, 0.6) is 0 Å². The molecule has 2 N–H and O–H groups in total. The molecular formula is C13H22ClN3O2S. The van der Waals surface area contributed by atoms with Gasteiger partial charge in [-0.3, -0.25) is 0 Å². The lowest BCUT2D eigenvalue weighted by atomic mass is 9.79. The highest BCUT2D eigenvalue weighted by Gasteiger charge is 2.38. The summed E-state index contributed by atoms with van der Waals surface area (Å²) in [5.74, 6) is 1.60. The molecule has 1 fully saturated rings. The van der Waals surface area contributed by atoms with Crippen molar-refractivity contribution >= 4 is 21.6 Å². The van der Waals surface area contributed by atoms with Gasteiger partial charge in [0.15, 0.2) is 5.03 Å². The normalized spacial score (nSPS) is 27.6. The number of sulfonamides is 1. The summed E-state index contributed by atoms with van der Waals surface area (Å²) >= 11 is 6.06. The van der Waals surface area contributed by atoms with E-state index in [4.69, 9.17) is 11.6 Å². The van der Waals surface area contributed by atoms with Gasteiger partial charge in [-0.2, -0.15) is 0 Å². The maximum atomic E-state index is 12.4. The van der Waals surface area contributed by atoms with Crippen LogP contribution < -0.4 is 4.72 Å². The van der Waals surface area contributed by atoms with E-state index in [0.717, 1.165) is 25.7 Å². The first kappa shape index (κ1) is 15.8. The van der Waals surface area contributed by atoms with E-state index < -0.39 is 15.6 Å². The van der Waals surface area contributed by atoms with Crippen LogP contribution >= 0.6 is 11.6 Å². The fraction of sp³-hybridized carbons (Fsp3) is 0.769. The fourth-order valence-corrected chi connectivity index (χ4v) is 4.39. The van der Waals surface area contributed by atoms with Gasteiger partial charge in [-0.1, -0.05) is 13.8 Å². The minimum absolute atomic E-state index is 0.123. The number of hydrogen-bond donors (Lipinski definition) is 2. The Morgan fingerprint density at radius 3 is 2.65 bits per heavy atom. The predicted octanol–water partition coefficient (Wildman–Crippen LogP) is 2.44. The quantitative estimate of drug-likeness (QED) is 0.818. The van der Waals surface area contributed by atoms with Crippen molar-refractivity contribution in [1.29, 1.82) is 0 Å². The third kappa shape index (κ3) is 3.35. The first-order valence-corrected chi connectivity index (χ1v) is 9.06. The van der Waals surface area contributed by atoms with Gasteiger partial charge in [-0.05, 0) is 31.6 Å². The van der Waals surface area contributed by atoms with Crippen LogP contribution in [0.2, 0.25) is 0 Å². The summed E-state index contributed by atoms with van der Waals surface area (Å²) in [6.07, 6.45) is 5.61. The molecule has 0 aliphatic heterocycles. The number of hydrogen-bond acceptors (Lipinski definition) is 3. The molecule has 0 spiro atoms.